The number of carbonyl (C=O) groups is 2. The smallest absolute Gasteiger partial charge is 0.237 e. The molecule has 0 bridgehead atoms. The molecule has 34 heavy (non-hydrogen) atoms. The zero-order valence-electron chi connectivity index (χ0n) is 19.9. The highest BCUT2D eigenvalue weighted by Crippen LogP contribution is 2.52. The predicted molar refractivity (Wildman–Crippen MR) is 135 cm³/mol. The van der Waals surface area contributed by atoms with Gasteiger partial charge in [-0.2, -0.15) is 0 Å². The number of nitrogens with zero attached hydrogens (tertiary/aromatic N) is 2. The molecule has 3 heterocycles. The van der Waals surface area contributed by atoms with Gasteiger partial charge >= 0.3 is 0 Å². The van der Waals surface area contributed by atoms with Crippen molar-refractivity contribution in [3.8, 4) is 0 Å². The minimum atomic E-state index is -0.652. The Hall–Kier alpha value is -3.38. The molecule has 2 aliphatic heterocycles. The van der Waals surface area contributed by atoms with Crippen LogP contribution in [0.25, 0.3) is 0 Å². The summed E-state index contributed by atoms with van der Waals surface area (Å²) >= 11 is 0. The summed E-state index contributed by atoms with van der Waals surface area (Å²) in [5, 5.41) is 10.4. The van der Waals surface area contributed by atoms with Crippen LogP contribution >= 0.6 is 0 Å². The molecule has 1 unspecified atom stereocenters. The number of aromatic nitrogens is 1. The lowest BCUT2D eigenvalue weighted by Gasteiger charge is -2.28. The molecule has 1 aliphatic carbocycles. The van der Waals surface area contributed by atoms with Gasteiger partial charge in [0, 0.05) is 24.8 Å². The second-order valence-electron chi connectivity index (χ2n) is 9.14. The molecule has 1 aromatic carbocycles. The molecule has 1 aromatic heterocycles. The molecule has 176 valence electrons. The van der Waals surface area contributed by atoms with E-state index < -0.39 is 5.41 Å². The van der Waals surface area contributed by atoms with Crippen molar-refractivity contribution in [2.75, 3.05) is 18.4 Å². The molecule has 2 aromatic rings. The van der Waals surface area contributed by atoms with Crippen LogP contribution < -0.4 is 5.32 Å². The van der Waals surface area contributed by atoms with Crippen LogP contribution in [0.4, 0.5) is 5.82 Å². The Kier molecular flexibility index (Phi) is 7.17. The van der Waals surface area contributed by atoms with E-state index in [1.807, 2.05) is 25.1 Å². The summed E-state index contributed by atoms with van der Waals surface area (Å²) in [5.74, 6) is 0.557. The van der Waals surface area contributed by atoms with E-state index in [0.29, 0.717) is 24.9 Å². The molecule has 6 nitrogen and oxygen atoms in total. The maximum Gasteiger partial charge on any atom is 0.237 e. The normalized spacial score (nSPS) is 23.3. The van der Waals surface area contributed by atoms with Crippen LogP contribution in [0.1, 0.15) is 49.8 Å². The zero-order chi connectivity index (χ0) is 24.1. The molecule has 5 rings (SSSR count). The van der Waals surface area contributed by atoms with Crippen molar-refractivity contribution in [1.82, 2.24) is 9.88 Å². The average molecular weight is 457 g/mol. The number of benzene rings is 1. The summed E-state index contributed by atoms with van der Waals surface area (Å²) in [6, 6.07) is 12.6. The quantitative estimate of drug-likeness (QED) is 0.520. The Morgan fingerprint density at radius 1 is 1.18 bits per heavy atom. The fourth-order valence-corrected chi connectivity index (χ4v) is 5.25. The molecule has 2 N–H and O–H groups in total. The lowest BCUT2D eigenvalue weighted by atomic mass is 9.80. The van der Waals surface area contributed by atoms with Gasteiger partial charge in [-0.05, 0) is 73.6 Å². The van der Waals surface area contributed by atoms with Crippen molar-refractivity contribution in [3.05, 3.63) is 82.6 Å². The summed E-state index contributed by atoms with van der Waals surface area (Å²) in [7, 11) is 0. The topological polar surface area (TPSA) is 86.1 Å². The highest BCUT2D eigenvalue weighted by Gasteiger charge is 2.52. The number of hydrogen-bond donors (Lipinski definition) is 2. The van der Waals surface area contributed by atoms with Crippen LogP contribution in [0.5, 0.6) is 0 Å². The second kappa shape index (κ2) is 10.3. The first kappa shape index (κ1) is 23.8. The van der Waals surface area contributed by atoms with Gasteiger partial charge in [0.2, 0.25) is 5.91 Å². The Morgan fingerprint density at radius 3 is 2.68 bits per heavy atom. The number of carbonyl (C=O) groups excluding carboxylic acids is 2. The van der Waals surface area contributed by atoms with E-state index in [4.69, 9.17) is 5.41 Å². The summed E-state index contributed by atoms with van der Waals surface area (Å²) in [6.07, 6.45) is 9.23. The first-order valence-corrected chi connectivity index (χ1v) is 12.0. The van der Waals surface area contributed by atoms with Gasteiger partial charge in [-0.1, -0.05) is 43.3 Å². The van der Waals surface area contributed by atoms with E-state index in [1.54, 1.807) is 17.8 Å². The highest BCUT2D eigenvalue weighted by atomic mass is 16.2. The van der Waals surface area contributed by atoms with E-state index in [0.717, 1.165) is 23.3 Å². The predicted octanol–water partition coefficient (Wildman–Crippen LogP) is 4.61. The van der Waals surface area contributed by atoms with E-state index in [2.05, 4.69) is 46.4 Å². The van der Waals surface area contributed by atoms with E-state index in [-0.39, 0.29) is 11.6 Å². The van der Waals surface area contributed by atoms with Crippen molar-refractivity contribution >= 4 is 23.7 Å². The van der Waals surface area contributed by atoms with E-state index in [9.17, 15) is 9.59 Å². The third-order valence-electron chi connectivity index (χ3n) is 6.94. The van der Waals surface area contributed by atoms with Crippen LogP contribution in [-0.2, 0) is 28.0 Å². The number of allylic oxidation sites excluding steroid dienone is 4. The van der Waals surface area contributed by atoms with Gasteiger partial charge in [-0.15, -0.1) is 0 Å². The molecule has 6 heteroatoms. The van der Waals surface area contributed by atoms with Crippen LogP contribution in [0.15, 0.2) is 65.9 Å². The average Bonchev–Trinajstić information content (AvgIpc) is 3.36. The number of nitrogens with one attached hydrogen (secondary N) is 2. The number of fused-ring (bicyclic) bond motifs is 3. The molecule has 1 spiro atoms. The van der Waals surface area contributed by atoms with Gasteiger partial charge in [-0.25, -0.2) is 4.98 Å². The van der Waals surface area contributed by atoms with E-state index >= 15 is 0 Å². The van der Waals surface area contributed by atoms with Gasteiger partial charge in [0.05, 0.1) is 11.1 Å². The third-order valence-corrected chi connectivity index (χ3v) is 6.94. The minimum absolute atomic E-state index is 0.0587. The Bertz CT molecular complexity index is 1170. The SMILES string of the molecule is C/C=C1/CC2(C/C1=C/C(=N)C=O)C(=O)Nc1ncccc12.CCCN1CCc2ccccc2C1. The minimum Gasteiger partial charge on any atom is -0.310 e. The number of rotatable bonds is 4. The van der Waals surface area contributed by atoms with E-state index in [1.165, 1.54) is 31.5 Å². The lowest BCUT2D eigenvalue weighted by Crippen LogP contribution is -2.31. The van der Waals surface area contributed by atoms with Crippen LogP contribution in [-0.4, -0.2) is 40.9 Å². The highest BCUT2D eigenvalue weighted by molar-refractivity contribution is 6.32. The van der Waals surface area contributed by atoms with Gasteiger partial charge in [-0.3, -0.25) is 19.9 Å². The molecule has 1 saturated carbocycles. The fraction of sp³-hybridized carbons (Fsp3) is 0.357. The lowest BCUT2D eigenvalue weighted by molar-refractivity contribution is -0.120. The van der Waals surface area contributed by atoms with Crippen molar-refractivity contribution in [2.45, 2.75) is 51.5 Å². The first-order valence-electron chi connectivity index (χ1n) is 12.0. The molecular formula is C28H32N4O2. The molecule has 1 fully saturated rings. The second-order valence-corrected chi connectivity index (χ2v) is 9.14. The summed E-state index contributed by atoms with van der Waals surface area (Å²) < 4.78 is 0. The van der Waals surface area contributed by atoms with Crippen molar-refractivity contribution < 1.29 is 9.59 Å². The summed E-state index contributed by atoms with van der Waals surface area (Å²) in [5.41, 5.74) is 5.13. The number of amides is 1. The summed E-state index contributed by atoms with van der Waals surface area (Å²) in [4.78, 5) is 29.9. The van der Waals surface area contributed by atoms with Crippen LogP contribution in [0.2, 0.25) is 0 Å². The maximum absolute atomic E-state index is 12.5. The largest absolute Gasteiger partial charge is 0.310 e. The van der Waals surface area contributed by atoms with Crippen molar-refractivity contribution in [3.63, 3.8) is 0 Å². The molecule has 3 aliphatic rings. The molecule has 1 atom stereocenters. The first-order chi connectivity index (χ1) is 16.5. The maximum atomic E-state index is 12.5. The number of aldehydes is 1. The molecular weight excluding hydrogens is 424 g/mol. The number of hydrogen-bond acceptors (Lipinski definition) is 5. The van der Waals surface area contributed by atoms with Gasteiger partial charge in [0.1, 0.15) is 5.82 Å². The zero-order valence-corrected chi connectivity index (χ0v) is 19.9. The van der Waals surface area contributed by atoms with Crippen molar-refractivity contribution in [1.29, 1.82) is 5.41 Å². The Morgan fingerprint density at radius 2 is 1.94 bits per heavy atom. The Labute approximate surface area is 201 Å². The van der Waals surface area contributed by atoms with Gasteiger partial charge < -0.3 is 5.32 Å². The Balaban J connectivity index is 0.000000180. The van der Waals surface area contributed by atoms with Crippen LogP contribution in [0, 0.1) is 5.41 Å². The van der Waals surface area contributed by atoms with Crippen LogP contribution in [0.3, 0.4) is 0 Å². The number of anilines is 1. The number of pyridine rings is 1. The third kappa shape index (κ3) is 4.64. The fourth-order valence-electron chi connectivity index (χ4n) is 5.25. The van der Waals surface area contributed by atoms with Gasteiger partial charge in [0.25, 0.3) is 0 Å². The molecule has 1 amide bonds. The molecule has 0 radical (unpaired) electrons. The van der Waals surface area contributed by atoms with Crippen molar-refractivity contribution in [2.24, 2.45) is 0 Å². The van der Waals surface area contributed by atoms with Gasteiger partial charge in [0.15, 0.2) is 6.29 Å². The monoisotopic (exact) mass is 456 g/mol. The molecule has 0 saturated heterocycles. The summed E-state index contributed by atoms with van der Waals surface area (Å²) in [6.45, 7) is 7.80. The standard InChI is InChI=1S/C16H15N3O2.C12H17N/c1-2-10-7-16(8-11(10)6-12(17)9-20)13-4-3-5-18-14(13)19-15(16)21;1-2-8-13-9-7-11-5-3-4-6-12(11)10-13/h2-6,9,17H,7-8H2,1H3,(H,18,19,21);3-6H,2,7-10H2,1H3/b10-2-,11-6-,17-12?;.